The summed E-state index contributed by atoms with van der Waals surface area (Å²) in [4.78, 5) is 14.2. The molecule has 0 unspecified atom stereocenters. The second kappa shape index (κ2) is 3.34. The Morgan fingerprint density at radius 3 is 3.00 bits per heavy atom. The van der Waals surface area contributed by atoms with Crippen LogP contribution in [0.25, 0.3) is 10.2 Å². The van der Waals surface area contributed by atoms with Crippen LogP contribution in [0.3, 0.4) is 0 Å². The first-order valence-electron chi connectivity index (χ1n) is 3.85. The van der Waals surface area contributed by atoms with E-state index in [2.05, 4.69) is 4.98 Å². The van der Waals surface area contributed by atoms with Gasteiger partial charge in [0.25, 0.3) is 0 Å². The normalized spacial score (nSPS) is 10.4. The largest absolute Gasteiger partial charge is 0.497 e. The third-order valence-corrected chi connectivity index (χ3v) is 2.76. The molecule has 0 aliphatic rings. The van der Waals surface area contributed by atoms with Crippen molar-refractivity contribution < 1.29 is 13.9 Å². The van der Waals surface area contributed by atoms with Crippen LogP contribution in [-0.2, 0) is 0 Å². The number of carbonyl (C=O) groups excluding carboxylic acids is 1. The third-order valence-electron chi connectivity index (χ3n) is 1.76. The number of aromatic nitrogens is 1. The minimum Gasteiger partial charge on any atom is -0.497 e. The summed E-state index contributed by atoms with van der Waals surface area (Å²) in [6.07, 6.45) is 0. The molecule has 3 nitrogen and oxygen atoms in total. The lowest BCUT2D eigenvalue weighted by Crippen LogP contribution is -1.85. The zero-order chi connectivity index (χ0) is 10.1. The zero-order valence-corrected chi connectivity index (χ0v) is 8.10. The number of halogens is 1. The summed E-state index contributed by atoms with van der Waals surface area (Å²) in [5, 5.41) is -0.117. The van der Waals surface area contributed by atoms with Crippen molar-refractivity contribution in [1.82, 2.24) is 4.98 Å². The predicted octanol–water partition coefficient (Wildman–Crippen LogP) is 2.41. The maximum atomic E-state index is 12.3. The highest BCUT2D eigenvalue weighted by Crippen LogP contribution is 2.26. The Kier molecular flexibility index (Phi) is 2.17. The zero-order valence-electron chi connectivity index (χ0n) is 7.28. The van der Waals surface area contributed by atoms with E-state index in [1.54, 1.807) is 25.3 Å². The monoisotopic (exact) mass is 211 g/mol. The van der Waals surface area contributed by atoms with Gasteiger partial charge in [-0.1, -0.05) is 0 Å². The number of nitrogens with zero attached hydrogens (tertiary/aromatic N) is 1. The molecule has 0 spiro atoms. The third kappa shape index (κ3) is 1.46. The SMILES string of the molecule is COc1ccc2nc(C(=O)F)sc2c1. The highest BCUT2D eigenvalue weighted by atomic mass is 32.1. The van der Waals surface area contributed by atoms with Gasteiger partial charge < -0.3 is 4.74 Å². The number of rotatable bonds is 2. The van der Waals surface area contributed by atoms with E-state index >= 15 is 0 Å². The first kappa shape index (κ1) is 9.08. The Morgan fingerprint density at radius 1 is 1.57 bits per heavy atom. The molecule has 0 atom stereocenters. The van der Waals surface area contributed by atoms with E-state index in [0.717, 1.165) is 16.0 Å². The summed E-state index contributed by atoms with van der Waals surface area (Å²) < 4.78 is 18.1. The number of carbonyl (C=O) groups is 1. The molecule has 2 aromatic rings. The van der Waals surface area contributed by atoms with Gasteiger partial charge in [-0.2, -0.15) is 4.39 Å². The van der Waals surface area contributed by atoms with Gasteiger partial charge >= 0.3 is 6.04 Å². The van der Waals surface area contributed by atoms with Crippen molar-refractivity contribution in [3.05, 3.63) is 23.2 Å². The van der Waals surface area contributed by atoms with E-state index < -0.39 is 6.04 Å². The Hall–Kier alpha value is -1.49. The molecule has 1 aromatic carbocycles. The number of methoxy groups -OCH3 is 1. The number of thiazole rings is 1. The summed E-state index contributed by atoms with van der Waals surface area (Å²) >= 11 is 1.02. The minimum atomic E-state index is -1.50. The number of fused-ring (bicyclic) bond motifs is 1. The van der Waals surface area contributed by atoms with E-state index in [4.69, 9.17) is 4.74 Å². The van der Waals surface area contributed by atoms with Gasteiger partial charge in [-0.25, -0.2) is 4.98 Å². The molecule has 0 radical (unpaired) electrons. The molecule has 0 fully saturated rings. The minimum absolute atomic E-state index is 0.117. The molecule has 14 heavy (non-hydrogen) atoms. The summed E-state index contributed by atoms with van der Waals surface area (Å²) in [6, 6.07) is 3.63. The summed E-state index contributed by atoms with van der Waals surface area (Å²) in [5.41, 5.74) is 0.608. The van der Waals surface area contributed by atoms with Crippen LogP contribution in [0.2, 0.25) is 0 Å². The maximum Gasteiger partial charge on any atom is 0.360 e. The van der Waals surface area contributed by atoms with Gasteiger partial charge in [-0.15, -0.1) is 11.3 Å². The van der Waals surface area contributed by atoms with Crippen molar-refractivity contribution in [2.75, 3.05) is 7.11 Å². The van der Waals surface area contributed by atoms with Crippen LogP contribution in [0.15, 0.2) is 18.2 Å². The fourth-order valence-electron chi connectivity index (χ4n) is 1.12. The molecule has 1 heterocycles. The second-order valence-electron chi connectivity index (χ2n) is 2.63. The average Bonchev–Trinajstić information content (AvgIpc) is 2.59. The first-order valence-corrected chi connectivity index (χ1v) is 4.67. The van der Waals surface area contributed by atoms with Gasteiger partial charge in [0.2, 0.25) is 0 Å². The molecule has 0 amide bonds. The van der Waals surface area contributed by atoms with Crippen molar-refractivity contribution in [3.8, 4) is 5.75 Å². The summed E-state index contributed by atoms with van der Waals surface area (Å²) in [7, 11) is 1.55. The number of ether oxygens (including phenoxy) is 1. The number of benzene rings is 1. The van der Waals surface area contributed by atoms with Gasteiger partial charge in [0.05, 0.1) is 17.3 Å². The van der Waals surface area contributed by atoms with Crippen LogP contribution in [0.5, 0.6) is 5.75 Å². The molecule has 0 saturated carbocycles. The van der Waals surface area contributed by atoms with E-state index in [0.29, 0.717) is 11.3 Å². The van der Waals surface area contributed by atoms with E-state index in [1.165, 1.54) is 0 Å². The molecule has 2 rings (SSSR count). The van der Waals surface area contributed by atoms with E-state index in [-0.39, 0.29) is 5.01 Å². The lowest BCUT2D eigenvalue weighted by Gasteiger charge is -1.96. The Bertz CT molecular complexity index is 495. The molecule has 1 aromatic heterocycles. The van der Waals surface area contributed by atoms with Crippen LogP contribution < -0.4 is 4.74 Å². The van der Waals surface area contributed by atoms with Gasteiger partial charge in [-0.05, 0) is 18.2 Å². The number of hydrogen-bond donors (Lipinski definition) is 0. The molecular formula is C9H6FNO2S. The lowest BCUT2D eigenvalue weighted by molar-refractivity contribution is 0.0835. The topological polar surface area (TPSA) is 39.2 Å². The Morgan fingerprint density at radius 2 is 2.36 bits per heavy atom. The van der Waals surface area contributed by atoms with Crippen molar-refractivity contribution >= 4 is 27.6 Å². The van der Waals surface area contributed by atoms with Crippen molar-refractivity contribution in [1.29, 1.82) is 0 Å². The fraction of sp³-hybridized carbons (Fsp3) is 0.111. The molecule has 0 saturated heterocycles. The van der Waals surface area contributed by atoms with E-state index in [1.807, 2.05) is 0 Å². The van der Waals surface area contributed by atoms with Crippen LogP contribution in [0.4, 0.5) is 4.39 Å². The smallest absolute Gasteiger partial charge is 0.360 e. The lowest BCUT2D eigenvalue weighted by atomic mass is 10.3. The summed E-state index contributed by atoms with van der Waals surface area (Å²) in [6.45, 7) is 0. The van der Waals surface area contributed by atoms with Gasteiger partial charge in [0, 0.05) is 0 Å². The predicted molar refractivity (Wildman–Crippen MR) is 51.6 cm³/mol. The molecule has 0 aliphatic carbocycles. The molecule has 0 bridgehead atoms. The fourth-order valence-corrected chi connectivity index (χ4v) is 1.94. The highest BCUT2D eigenvalue weighted by molar-refractivity contribution is 7.20. The molecular weight excluding hydrogens is 205 g/mol. The van der Waals surface area contributed by atoms with Crippen molar-refractivity contribution in [2.45, 2.75) is 0 Å². The van der Waals surface area contributed by atoms with Gasteiger partial charge in [0.15, 0.2) is 5.01 Å². The van der Waals surface area contributed by atoms with E-state index in [9.17, 15) is 9.18 Å². The Balaban J connectivity index is 2.60. The molecule has 0 aliphatic heterocycles. The van der Waals surface area contributed by atoms with Crippen LogP contribution in [0.1, 0.15) is 9.80 Å². The Labute approximate surface area is 83.1 Å². The summed E-state index contributed by atoms with van der Waals surface area (Å²) in [5.74, 6) is 0.666. The second-order valence-corrected chi connectivity index (χ2v) is 3.66. The maximum absolute atomic E-state index is 12.3. The quantitative estimate of drug-likeness (QED) is 0.716. The highest BCUT2D eigenvalue weighted by Gasteiger charge is 2.11. The number of hydrogen-bond acceptors (Lipinski definition) is 4. The standard InChI is InChI=1S/C9H6FNO2S/c1-13-5-2-3-6-7(4-5)14-9(11-6)8(10)12/h2-4H,1H3. The van der Waals surface area contributed by atoms with Gasteiger partial charge in [-0.3, -0.25) is 4.79 Å². The van der Waals surface area contributed by atoms with Crippen LogP contribution in [-0.4, -0.2) is 18.1 Å². The van der Waals surface area contributed by atoms with Crippen LogP contribution >= 0.6 is 11.3 Å². The molecule has 72 valence electrons. The molecule has 0 N–H and O–H groups in total. The molecule has 5 heteroatoms. The first-order chi connectivity index (χ1) is 6.70. The van der Waals surface area contributed by atoms with Crippen molar-refractivity contribution in [3.63, 3.8) is 0 Å². The van der Waals surface area contributed by atoms with Gasteiger partial charge in [0.1, 0.15) is 5.75 Å². The van der Waals surface area contributed by atoms with Crippen molar-refractivity contribution in [2.24, 2.45) is 0 Å². The average molecular weight is 211 g/mol. The van der Waals surface area contributed by atoms with Crippen LogP contribution in [0, 0.1) is 0 Å².